The molecule has 30 heavy (non-hydrogen) atoms. The molecule has 1 saturated heterocycles. The zero-order chi connectivity index (χ0) is 20.9. The first-order valence-corrected chi connectivity index (χ1v) is 10.6. The van der Waals surface area contributed by atoms with Crippen molar-refractivity contribution < 1.29 is 19.1 Å². The number of hydrogen-bond donors (Lipinski definition) is 0. The number of hydrogen-bond acceptors (Lipinski definition) is 5. The number of carbonyl (C=O) groups is 2. The summed E-state index contributed by atoms with van der Waals surface area (Å²) in [4.78, 5) is 29.3. The normalized spacial score (nSPS) is 16.4. The van der Waals surface area contributed by atoms with Crippen molar-refractivity contribution >= 4 is 23.3 Å². The number of halogens is 1. The van der Waals surface area contributed by atoms with E-state index in [-0.39, 0.29) is 24.5 Å². The van der Waals surface area contributed by atoms with Gasteiger partial charge in [-0.15, -0.1) is 0 Å². The molecule has 1 fully saturated rings. The molecule has 0 aliphatic carbocycles. The molecule has 0 spiro atoms. The van der Waals surface area contributed by atoms with Crippen molar-refractivity contribution in [1.29, 1.82) is 0 Å². The van der Waals surface area contributed by atoms with E-state index < -0.39 is 0 Å². The Morgan fingerprint density at radius 2 is 1.67 bits per heavy atom. The van der Waals surface area contributed by atoms with E-state index in [1.165, 1.54) is 5.56 Å². The van der Waals surface area contributed by atoms with E-state index in [9.17, 15) is 9.59 Å². The Bertz CT molecular complexity index is 925. The van der Waals surface area contributed by atoms with Crippen LogP contribution in [-0.4, -0.2) is 60.9 Å². The van der Waals surface area contributed by atoms with Crippen LogP contribution in [0.15, 0.2) is 42.5 Å². The second kappa shape index (κ2) is 9.49. The van der Waals surface area contributed by atoms with Crippen LogP contribution in [0.5, 0.6) is 11.5 Å². The fraction of sp³-hybridized carbons (Fsp3) is 0.391. The van der Waals surface area contributed by atoms with Crippen molar-refractivity contribution in [3.8, 4) is 11.5 Å². The molecule has 6 nitrogen and oxygen atoms in total. The van der Waals surface area contributed by atoms with Gasteiger partial charge in [-0.2, -0.15) is 0 Å². The molecule has 2 aromatic rings. The van der Waals surface area contributed by atoms with E-state index in [4.69, 9.17) is 21.1 Å². The Balaban J connectivity index is 1.23. The molecule has 0 bridgehead atoms. The Labute approximate surface area is 181 Å². The van der Waals surface area contributed by atoms with Crippen LogP contribution in [0.3, 0.4) is 0 Å². The molecular weight excluding hydrogens is 404 g/mol. The van der Waals surface area contributed by atoms with E-state index in [1.54, 1.807) is 18.2 Å². The summed E-state index contributed by atoms with van der Waals surface area (Å²) >= 11 is 6.05. The molecule has 0 aromatic heterocycles. The smallest absolute Gasteiger partial charge is 0.223 e. The second-order valence-electron chi connectivity index (χ2n) is 7.57. The maximum Gasteiger partial charge on any atom is 0.223 e. The average molecular weight is 429 g/mol. The van der Waals surface area contributed by atoms with Crippen molar-refractivity contribution in [2.75, 3.05) is 39.4 Å². The van der Waals surface area contributed by atoms with Gasteiger partial charge in [0.05, 0.1) is 0 Å². The number of Topliss-reactive ketones (excluding diaryl/α,β-unsaturated/α-hetero) is 1. The number of piperazine rings is 1. The number of ether oxygens (including phenoxy) is 2. The lowest BCUT2D eigenvalue weighted by Gasteiger charge is -2.34. The third-order valence-electron chi connectivity index (χ3n) is 5.45. The highest BCUT2D eigenvalue weighted by molar-refractivity contribution is 6.30. The Hall–Kier alpha value is -2.57. The Morgan fingerprint density at radius 3 is 2.43 bits per heavy atom. The predicted molar refractivity (Wildman–Crippen MR) is 114 cm³/mol. The van der Waals surface area contributed by atoms with Crippen molar-refractivity contribution in [1.82, 2.24) is 9.80 Å². The molecule has 2 heterocycles. The summed E-state index contributed by atoms with van der Waals surface area (Å²) in [5, 5.41) is 0.740. The summed E-state index contributed by atoms with van der Waals surface area (Å²) in [6.45, 7) is 4.80. The van der Waals surface area contributed by atoms with Crippen LogP contribution in [0.2, 0.25) is 5.02 Å². The number of carbonyl (C=O) groups excluding carboxylic acids is 2. The molecule has 0 N–H and O–H groups in total. The van der Waals surface area contributed by atoms with E-state index in [0.717, 1.165) is 24.7 Å². The maximum absolute atomic E-state index is 12.6. The van der Waals surface area contributed by atoms with Crippen LogP contribution in [0.4, 0.5) is 0 Å². The van der Waals surface area contributed by atoms with Gasteiger partial charge < -0.3 is 14.4 Å². The van der Waals surface area contributed by atoms with E-state index in [2.05, 4.69) is 11.0 Å². The fourth-order valence-corrected chi connectivity index (χ4v) is 4.00. The third-order valence-corrected chi connectivity index (χ3v) is 5.69. The third kappa shape index (κ3) is 5.12. The summed E-state index contributed by atoms with van der Waals surface area (Å²) in [6.07, 6.45) is 0.419. The molecule has 1 amide bonds. The van der Waals surface area contributed by atoms with Crippen LogP contribution >= 0.6 is 11.6 Å². The highest BCUT2D eigenvalue weighted by atomic mass is 35.5. The van der Waals surface area contributed by atoms with Gasteiger partial charge in [-0.3, -0.25) is 14.5 Å². The van der Waals surface area contributed by atoms with E-state index >= 15 is 0 Å². The highest BCUT2D eigenvalue weighted by Gasteiger charge is 2.22. The van der Waals surface area contributed by atoms with Gasteiger partial charge in [0.1, 0.15) is 13.2 Å². The van der Waals surface area contributed by atoms with Crippen molar-refractivity contribution in [3.05, 3.63) is 58.6 Å². The summed E-state index contributed by atoms with van der Waals surface area (Å²) in [5.74, 6) is 1.22. The topological polar surface area (TPSA) is 59.1 Å². The number of fused-ring (bicyclic) bond motifs is 1. The van der Waals surface area contributed by atoms with Gasteiger partial charge in [0.25, 0.3) is 0 Å². The zero-order valence-corrected chi connectivity index (χ0v) is 17.6. The lowest BCUT2D eigenvalue weighted by molar-refractivity contribution is -0.132. The van der Waals surface area contributed by atoms with Gasteiger partial charge in [-0.1, -0.05) is 23.7 Å². The molecule has 2 aromatic carbocycles. The molecule has 0 atom stereocenters. The number of nitrogens with zero attached hydrogens (tertiary/aromatic N) is 2. The largest absolute Gasteiger partial charge is 0.486 e. The van der Waals surface area contributed by atoms with Gasteiger partial charge in [-0.25, -0.2) is 0 Å². The first-order valence-electron chi connectivity index (χ1n) is 10.3. The number of rotatable bonds is 6. The number of benzene rings is 2. The monoisotopic (exact) mass is 428 g/mol. The lowest BCUT2D eigenvalue weighted by atomic mass is 10.1. The van der Waals surface area contributed by atoms with Crippen LogP contribution in [0.25, 0.3) is 0 Å². The first-order chi connectivity index (χ1) is 14.6. The molecule has 4 rings (SSSR count). The predicted octanol–water partition coefficient (Wildman–Crippen LogP) is 3.42. The second-order valence-corrected chi connectivity index (χ2v) is 8.00. The minimum absolute atomic E-state index is 0.0308. The molecule has 158 valence electrons. The van der Waals surface area contributed by atoms with Gasteiger partial charge in [0, 0.05) is 56.2 Å². The minimum atomic E-state index is -0.0556. The SMILES string of the molecule is O=C(CCC(=O)N1CCN(Cc2cccc(Cl)c2)CC1)c1ccc2c(c1)OCCO2. The quantitative estimate of drug-likeness (QED) is 0.660. The molecule has 0 unspecified atom stereocenters. The zero-order valence-electron chi connectivity index (χ0n) is 16.8. The fourth-order valence-electron chi connectivity index (χ4n) is 3.79. The van der Waals surface area contributed by atoms with Crippen molar-refractivity contribution in [2.24, 2.45) is 0 Å². The van der Waals surface area contributed by atoms with Gasteiger partial charge in [0.15, 0.2) is 17.3 Å². The van der Waals surface area contributed by atoms with Crippen LogP contribution in [0, 0.1) is 0 Å². The molecular formula is C23H25ClN2O4. The lowest BCUT2D eigenvalue weighted by Crippen LogP contribution is -2.48. The summed E-state index contributed by atoms with van der Waals surface area (Å²) < 4.78 is 11.0. The Kier molecular flexibility index (Phi) is 6.55. The van der Waals surface area contributed by atoms with Crippen LogP contribution in [0.1, 0.15) is 28.8 Å². The van der Waals surface area contributed by atoms with Gasteiger partial charge in [0.2, 0.25) is 5.91 Å². The maximum atomic E-state index is 12.6. The molecule has 2 aliphatic rings. The molecule has 0 radical (unpaired) electrons. The van der Waals surface area contributed by atoms with E-state index in [1.807, 2.05) is 23.1 Å². The van der Waals surface area contributed by atoms with Crippen LogP contribution < -0.4 is 9.47 Å². The number of ketones is 1. The van der Waals surface area contributed by atoms with Gasteiger partial charge >= 0.3 is 0 Å². The van der Waals surface area contributed by atoms with Crippen molar-refractivity contribution in [2.45, 2.75) is 19.4 Å². The molecule has 0 saturated carbocycles. The van der Waals surface area contributed by atoms with Crippen molar-refractivity contribution in [3.63, 3.8) is 0 Å². The molecule has 2 aliphatic heterocycles. The highest BCUT2D eigenvalue weighted by Crippen LogP contribution is 2.31. The summed E-state index contributed by atoms with van der Waals surface area (Å²) in [5.41, 5.74) is 1.73. The summed E-state index contributed by atoms with van der Waals surface area (Å²) in [7, 11) is 0. The summed E-state index contributed by atoms with van der Waals surface area (Å²) in [6, 6.07) is 13.0. The molecule has 7 heteroatoms. The average Bonchev–Trinajstić information content (AvgIpc) is 2.77. The first kappa shape index (κ1) is 20.7. The van der Waals surface area contributed by atoms with Gasteiger partial charge in [-0.05, 0) is 35.9 Å². The van der Waals surface area contributed by atoms with E-state index in [0.29, 0.717) is 43.4 Å². The van der Waals surface area contributed by atoms with Crippen LogP contribution in [-0.2, 0) is 11.3 Å². The minimum Gasteiger partial charge on any atom is -0.486 e. The Morgan fingerprint density at radius 1 is 0.900 bits per heavy atom. The standard InChI is InChI=1S/C23H25ClN2O4/c24-19-3-1-2-17(14-19)16-25-8-10-26(11-9-25)23(28)7-5-20(27)18-4-6-21-22(15-18)30-13-12-29-21/h1-4,6,14-15H,5,7-13,16H2. The number of amides is 1.